The quantitative estimate of drug-likeness (QED) is 0.905. The van der Waals surface area contributed by atoms with Gasteiger partial charge in [0, 0.05) is 19.0 Å². The average molecular weight is 328 g/mol. The number of hydroxylamine groups is 2. The predicted molar refractivity (Wildman–Crippen MR) is 95.7 cm³/mol. The number of hydrogen-bond donors (Lipinski definition) is 1. The van der Waals surface area contributed by atoms with Crippen LogP contribution in [0, 0.1) is 0 Å². The van der Waals surface area contributed by atoms with E-state index in [1.54, 1.807) is 0 Å². The largest absolute Gasteiger partial charge is 0.373 e. The van der Waals surface area contributed by atoms with Gasteiger partial charge in [-0.1, -0.05) is 35.9 Å². The Labute approximate surface area is 144 Å². The zero-order valence-corrected chi connectivity index (χ0v) is 15.1. The second-order valence-electron chi connectivity index (χ2n) is 8.30. The molecule has 1 unspecified atom stereocenters. The molecule has 0 radical (unpaired) electrons. The summed E-state index contributed by atoms with van der Waals surface area (Å²) in [6.45, 7) is 11.9. The number of benzene rings is 1. The fourth-order valence-electron chi connectivity index (χ4n) is 4.66. The SMILES string of the molecule is CC1=Cc2ccccc2C1[C@]12CN(OC(C)(C)C)C[C@H]1OCCN2. The van der Waals surface area contributed by atoms with Gasteiger partial charge in [-0.15, -0.1) is 0 Å². The Balaban J connectivity index is 1.70. The Morgan fingerprint density at radius 1 is 1.29 bits per heavy atom. The van der Waals surface area contributed by atoms with Crippen LogP contribution in [0.5, 0.6) is 0 Å². The summed E-state index contributed by atoms with van der Waals surface area (Å²) in [5.41, 5.74) is 3.87. The molecule has 1 aromatic carbocycles. The van der Waals surface area contributed by atoms with Crippen molar-refractivity contribution in [3.63, 3.8) is 0 Å². The molecule has 4 nitrogen and oxygen atoms in total. The number of nitrogens with one attached hydrogen (secondary N) is 1. The van der Waals surface area contributed by atoms with E-state index in [1.165, 1.54) is 16.7 Å². The van der Waals surface area contributed by atoms with E-state index >= 15 is 0 Å². The van der Waals surface area contributed by atoms with Crippen molar-refractivity contribution >= 4 is 6.08 Å². The molecule has 1 N–H and O–H groups in total. The van der Waals surface area contributed by atoms with E-state index < -0.39 is 0 Å². The summed E-state index contributed by atoms with van der Waals surface area (Å²) in [4.78, 5) is 6.19. The van der Waals surface area contributed by atoms with Gasteiger partial charge in [0.15, 0.2) is 0 Å². The molecule has 2 saturated heterocycles. The maximum absolute atomic E-state index is 6.21. The minimum absolute atomic E-state index is 0.114. The number of morpholine rings is 1. The van der Waals surface area contributed by atoms with E-state index in [-0.39, 0.29) is 17.2 Å². The number of fused-ring (bicyclic) bond motifs is 2. The summed E-state index contributed by atoms with van der Waals surface area (Å²) in [6.07, 6.45) is 2.48. The Hall–Kier alpha value is -1.20. The van der Waals surface area contributed by atoms with Crippen molar-refractivity contribution in [3.05, 3.63) is 41.0 Å². The third-order valence-corrected chi connectivity index (χ3v) is 5.32. The molecule has 1 aliphatic carbocycles. The normalized spacial score (nSPS) is 33.2. The molecule has 2 aliphatic heterocycles. The molecular weight excluding hydrogens is 300 g/mol. The van der Waals surface area contributed by atoms with Crippen molar-refractivity contribution in [2.24, 2.45) is 0 Å². The lowest BCUT2D eigenvalue weighted by Crippen LogP contribution is -2.63. The predicted octanol–water partition coefficient (Wildman–Crippen LogP) is 2.96. The molecule has 3 atom stereocenters. The number of hydrogen-bond acceptors (Lipinski definition) is 4. The highest BCUT2D eigenvalue weighted by molar-refractivity contribution is 5.67. The molecule has 0 saturated carbocycles. The summed E-state index contributed by atoms with van der Waals surface area (Å²) in [5.74, 6) is 0.340. The van der Waals surface area contributed by atoms with Crippen molar-refractivity contribution in [1.82, 2.24) is 10.4 Å². The van der Waals surface area contributed by atoms with Crippen molar-refractivity contribution in [3.8, 4) is 0 Å². The fourth-order valence-corrected chi connectivity index (χ4v) is 4.66. The first-order chi connectivity index (χ1) is 11.4. The van der Waals surface area contributed by atoms with Gasteiger partial charge in [-0.25, -0.2) is 0 Å². The van der Waals surface area contributed by atoms with Crippen molar-refractivity contribution < 1.29 is 9.57 Å². The molecule has 2 fully saturated rings. The first-order valence-corrected chi connectivity index (χ1v) is 8.97. The van der Waals surface area contributed by atoms with E-state index in [1.807, 2.05) is 0 Å². The molecular formula is C20H28N2O2. The molecule has 0 spiro atoms. The van der Waals surface area contributed by atoms with Gasteiger partial charge < -0.3 is 10.1 Å². The molecule has 0 aromatic heterocycles. The van der Waals surface area contributed by atoms with Gasteiger partial charge >= 0.3 is 0 Å². The molecule has 1 aromatic rings. The van der Waals surface area contributed by atoms with E-state index in [0.717, 1.165) is 26.2 Å². The van der Waals surface area contributed by atoms with Crippen LogP contribution in [0.15, 0.2) is 29.8 Å². The van der Waals surface area contributed by atoms with Crippen LogP contribution >= 0.6 is 0 Å². The van der Waals surface area contributed by atoms with Gasteiger partial charge in [-0.2, -0.15) is 5.06 Å². The highest BCUT2D eigenvalue weighted by Crippen LogP contribution is 2.48. The second-order valence-corrected chi connectivity index (χ2v) is 8.30. The zero-order chi connectivity index (χ0) is 16.9. The summed E-state index contributed by atoms with van der Waals surface area (Å²) in [6, 6.07) is 8.75. The lowest BCUT2D eigenvalue weighted by atomic mass is 9.74. The maximum Gasteiger partial charge on any atom is 0.0929 e. The highest BCUT2D eigenvalue weighted by atomic mass is 16.7. The lowest BCUT2D eigenvalue weighted by Gasteiger charge is -2.45. The minimum atomic E-state index is -0.187. The van der Waals surface area contributed by atoms with Crippen LogP contribution in [0.3, 0.4) is 0 Å². The van der Waals surface area contributed by atoms with E-state index in [2.05, 4.69) is 68.4 Å². The smallest absolute Gasteiger partial charge is 0.0929 e. The molecule has 4 heteroatoms. The molecule has 24 heavy (non-hydrogen) atoms. The highest BCUT2D eigenvalue weighted by Gasteiger charge is 2.56. The second kappa shape index (κ2) is 5.67. The van der Waals surface area contributed by atoms with Crippen LogP contribution in [0.4, 0.5) is 0 Å². The number of nitrogens with zero attached hydrogens (tertiary/aromatic N) is 1. The van der Waals surface area contributed by atoms with Crippen LogP contribution in [-0.4, -0.2) is 48.5 Å². The first-order valence-electron chi connectivity index (χ1n) is 8.97. The number of ether oxygens (including phenoxy) is 1. The lowest BCUT2D eigenvalue weighted by molar-refractivity contribution is -0.221. The van der Waals surface area contributed by atoms with Gasteiger partial charge in [0.05, 0.1) is 30.4 Å². The van der Waals surface area contributed by atoms with Crippen molar-refractivity contribution in [2.45, 2.75) is 50.9 Å². The summed E-state index contributed by atoms with van der Waals surface area (Å²) in [7, 11) is 0. The van der Waals surface area contributed by atoms with Crippen molar-refractivity contribution in [1.29, 1.82) is 0 Å². The average Bonchev–Trinajstić information content (AvgIpc) is 3.01. The van der Waals surface area contributed by atoms with Gasteiger partial charge in [0.2, 0.25) is 0 Å². The molecule has 0 bridgehead atoms. The van der Waals surface area contributed by atoms with Crippen LogP contribution < -0.4 is 5.32 Å². The van der Waals surface area contributed by atoms with Gasteiger partial charge in [-0.05, 0) is 38.8 Å². The Bertz CT molecular complexity index is 664. The molecule has 4 rings (SSSR count). The standard InChI is InChI=1S/C20H28N2O2/c1-14-11-15-7-5-6-8-16(15)18(14)20-13-22(24-19(2,3)4)12-17(20)23-10-9-21-20/h5-8,11,17-18,21H,9-10,12-13H2,1-4H3/t17-,18?,20+/m1/s1. The van der Waals surface area contributed by atoms with Gasteiger partial charge in [-0.3, -0.25) is 4.84 Å². The number of rotatable bonds is 2. The van der Waals surface area contributed by atoms with E-state index in [0.29, 0.717) is 5.92 Å². The molecule has 2 heterocycles. The first kappa shape index (κ1) is 16.3. The monoisotopic (exact) mass is 328 g/mol. The van der Waals surface area contributed by atoms with Crippen LogP contribution in [0.25, 0.3) is 6.08 Å². The van der Waals surface area contributed by atoms with Crippen LogP contribution in [0.2, 0.25) is 0 Å². The van der Waals surface area contributed by atoms with Gasteiger partial charge in [0.25, 0.3) is 0 Å². The Kier molecular flexibility index (Phi) is 3.84. The van der Waals surface area contributed by atoms with E-state index in [9.17, 15) is 0 Å². The third-order valence-electron chi connectivity index (χ3n) is 5.32. The maximum atomic E-state index is 6.21. The minimum Gasteiger partial charge on any atom is -0.373 e. The molecule has 3 aliphatic rings. The fraction of sp³-hybridized carbons (Fsp3) is 0.600. The van der Waals surface area contributed by atoms with E-state index in [4.69, 9.17) is 9.57 Å². The summed E-state index contributed by atoms with van der Waals surface area (Å²) in [5, 5.41) is 5.94. The summed E-state index contributed by atoms with van der Waals surface area (Å²) < 4.78 is 6.21. The third kappa shape index (κ3) is 2.62. The topological polar surface area (TPSA) is 33.7 Å². The van der Waals surface area contributed by atoms with Crippen LogP contribution in [0.1, 0.15) is 44.7 Å². The Morgan fingerprint density at radius 3 is 2.88 bits per heavy atom. The summed E-state index contributed by atoms with van der Waals surface area (Å²) >= 11 is 0. The molecule has 130 valence electrons. The van der Waals surface area contributed by atoms with Gasteiger partial charge in [0.1, 0.15) is 0 Å². The Morgan fingerprint density at radius 2 is 2.08 bits per heavy atom. The molecule has 0 amide bonds. The van der Waals surface area contributed by atoms with Crippen molar-refractivity contribution in [2.75, 3.05) is 26.2 Å². The van der Waals surface area contributed by atoms with Crippen LogP contribution in [-0.2, 0) is 9.57 Å². The zero-order valence-electron chi connectivity index (χ0n) is 15.1.